The molecule has 2 amide bonds. The van der Waals surface area contributed by atoms with Gasteiger partial charge in [0.2, 0.25) is 0 Å². The second kappa shape index (κ2) is 4.37. The van der Waals surface area contributed by atoms with E-state index in [4.69, 9.17) is 4.74 Å². The molecule has 3 aliphatic rings. The Hall–Kier alpha value is -0.770. The number of carbonyl (C=O) groups excluding carboxylic acids is 1. The SMILES string of the molecule is CC12CCC(CN(C(=O)N3CCOCC3)C1)C2(C)C. The lowest BCUT2D eigenvalue weighted by atomic mass is 9.63. The first-order chi connectivity index (χ1) is 8.94. The Morgan fingerprint density at radius 3 is 2.47 bits per heavy atom. The fourth-order valence-electron chi connectivity index (χ4n) is 4.12. The predicted molar refractivity (Wildman–Crippen MR) is 74.0 cm³/mol. The van der Waals surface area contributed by atoms with Crippen LogP contribution in [0.3, 0.4) is 0 Å². The van der Waals surface area contributed by atoms with Gasteiger partial charge in [0, 0.05) is 26.2 Å². The summed E-state index contributed by atoms with van der Waals surface area (Å²) < 4.78 is 5.33. The number of rotatable bonds is 0. The number of likely N-dealkylation sites (tertiary alicyclic amines) is 1. The van der Waals surface area contributed by atoms with Crippen molar-refractivity contribution in [3.63, 3.8) is 0 Å². The van der Waals surface area contributed by atoms with Crippen molar-refractivity contribution in [2.24, 2.45) is 16.7 Å². The Balaban J connectivity index is 1.73. The van der Waals surface area contributed by atoms with Gasteiger partial charge in [0.25, 0.3) is 0 Å². The minimum Gasteiger partial charge on any atom is -0.378 e. The van der Waals surface area contributed by atoms with Crippen LogP contribution in [0.15, 0.2) is 0 Å². The highest BCUT2D eigenvalue weighted by molar-refractivity contribution is 5.75. The van der Waals surface area contributed by atoms with Gasteiger partial charge in [-0.25, -0.2) is 4.79 Å². The third-order valence-corrected chi connectivity index (χ3v) is 6.15. The van der Waals surface area contributed by atoms with Crippen LogP contribution in [0, 0.1) is 16.7 Å². The van der Waals surface area contributed by atoms with Crippen LogP contribution in [0.25, 0.3) is 0 Å². The quantitative estimate of drug-likeness (QED) is 0.673. The van der Waals surface area contributed by atoms with Gasteiger partial charge in [0.05, 0.1) is 13.2 Å². The molecule has 2 bridgehead atoms. The minimum absolute atomic E-state index is 0.233. The van der Waals surface area contributed by atoms with Gasteiger partial charge < -0.3 is 14.5 Å². The summed E-state index contributed by atoms with van der Waals surface area (Å²) in [5.74, 6) is 0.663. The molecule has 3 fully saturated rings. The van der Waals surface area contributed by atoms with E-state index < -0.39 is 0 Å². The predicted octanol–water partition coefficient (Wildman–Crippen LogP) is 2.20. The van der Waals surface area contributed by atoms with Crippen LogP contribution in [0.4, 0.5) is 4.79 Å². The molecule has 2 heterocycles. The number of amides is 2. The summed E-state index contributed by atoms with van der Waals surface area (Å²) in [7, 11) is 0. The van der Waals surface area contributed by atoms with Gasteiger partial charge in [0.1, 0.15) is 0 Å². The second-order valence-corrected chi connectivity index (χ2v) is 7.28. The van der Waals surface area contributed by atoms with Crippen molar-refractivity contribution in [2.75, 3.05) is 39.4 Å². The molecule has 0 radical (unpaired) electrons. The molecule has 0 aromatic carbocycles. The number of piperidine rings is 1. The molecule has 0 spiro atoms. The molecule has 2 unspecified atom stereocenters. The Morgan fingerprint density at radius 1 is 1.16 bits per heavy atom. The van der Waals surface area contributed by atoms with Crippen LogP contribution < -0.4 is 0 Å². The van der Waals surface area contributed by atoms with Crippen LogP contribution in [0.5, 0.6) is 0 Å². The van der Waals surface area contributed by atoms with Crippen LogP contribution in [-0.2, 0) is 4.74 Å². The first kappa shape index (κ1) is 13.2. The molecule has 108 valence electrons. The molecule has 2 atom stereocenters. The molecule has 2 aliphatic heterocycles. The lowest BCUT2D eigenvalue weighted by Crippen LogP contribution is -2.57. The molecule has 1 saturated carbocycles. The molecular formula is C15H26N2O2. The van der Waals surface area contributed by atoms with Crippen LogP contribution in [-0.4, -0.2) is 55.2 Å². The zero-order valence-corrected chi connectivity index (χ0v) is 12.4. The van der Waals surface area contributed by atoms with Gasteiger partial charge in [-0.2, -0.15) is 0 Å². The van der Waals surface area contributed by atoms with Gasteiger partial charge in [-0.15, -0.1) is 0 Å². The maximum absolute atomic E-state index is 12.6. The van der Waals surface area contributed by atoms with Crippen molar-refractivity contribution in [3.8, 4) is 0 Å². The molecule has 0 aromatic rings. The maximum Gasteiger partial charge on any atom is 0.320 e. The minimum atomic E-state index is 0.233. The van der Waals surface area contributed by atoms with E-state index in [9.17, 15) is 4.79 Å². The summed E-state index contributed by atoms with van der Waals surface area (Å²) >= 11 is 0. The highest BCUT2D eigenvalue weighted by atomic mass is 16.5. The Kier molecular flexibility index (Phi) is 3.04. The van der Waals surface area contributed by atoms with Crippen LogP contribution in [0.1, 0.15) is 33.6 Å². The molecule has 1 aliphatic carbocycles. The number of fused-ring (bicyclic) bond motifs is 2. The van der Waals surface area contributed by atoms with E-state index in [1.165, 1.54) is 12.8 Å². The fourth-order valence-corrected chi connectivity index (χ4v) is 4.12. The van der Waals surface area contributed by atoms with Gasteiger partial charge in [-0.05, 0) is 29.6 Å². The molecule has 0 aromatic heterocycles. The zero-order valence-electron chi connectivity index (χ0n) is 12.4. The molecule has 4 nitrogen and oxygen atoms in total. The number of hydrogen-bond donors (Lipinski definition) is 0. The van der Waals surface area contributed by atoms with Crippen molar-refractivity contribution in [2.45, 2.75) is 33.6 Å². The first-order valence-electron chi connectivity index (χ1n) is 7.56. The summed E-state index contributed by atoms with van der Waals surface area (Å²) in [6.07, 6.45) is 2.54. The van der Waals surface area contributed by atoms with Gasteiger partial charge in [-0.3, -0.25) is 0 Å². The number of carbonyl (C=O) groups is 1. The fraction of sp³-hybridized carbons (Fsp3) is 0.933. The second-order valence-electron chi connectivity index (χ2n) is 7.28. The van der Waals surface area contributed by atoms with E-state index in [0.29, 0.717) is 24.5 Å². The first-order valence-corrected chi connectivity index (χ1v) is 7.56. The van der Waals surface area contributed by atoms with Gasteiger partial charge >= 0.3 is 6.03 Å². The summed E-state index contributed by atoms with van der Waals surface area (Å²) in [6.45, 7) is 11.9. The van der Waals surface area contributed by atoms with E-state index in [1.54, 1.807) is 0 Å². The van der Waals surface area contributed by atoms with E-state index in [0.717, 1.165) is 26.2 Å². The third kappa shape index (κ3) is 1.95. The number of morpholine rings is 1. The Labute approximate surface area is 116 Å². The van der Waals surface area contributed by atoms with Crippen LogP contribution >= 0.6 is 0 Å². The summed E-state index contributed by atoms with van der Waals surface area (Å²) in [5, 5.41) is 0. The van der Waals surface area contributed by atoms with Gasteiger partial charge in [0.15, 0.2) is 0 Å². The average molecular weight is 266 g/mol. The average Bonchev–Trinajstić information content (AvgIpc) is 2.57. The molecule has 2 saturated heterocycles. The lowest BCUT2D eigenvalue weighted by Gasteiger charge is -2.51. The van der Waals surface area contributed by atoms with Gasteiger partial charge in [-0.1, -0.05) is 20.8 Å². The summed E-state index contributed by atoms with van der Waals surface area (Å²) in [4.78, 5) is 16.7. The summed E-state index contributed by atoms with van der Waals surface area (Å²) in [6, 6.07) is 0.233. The smallest absolute Gasteiger partial charge is 0.320 e. The standard InChI is InChI=1S/C15H26N2O2/c1-14(2)12-4-5-15(14,3)11-17(10-12)13(18)16-6-8-19-9-7-16/h12H,4-11H2,1-3H3. The lowest BCUT2D eigenvalue weighted by molar-refractivity contribution is -0.0158. The van der Waals surface area contributed by atoms with Crippen molar-refractivity contribution >= 4 is 6.03 Å². The Bertz CT molecular complexity index is 376. The monoisotopic (exact) mass is 266 g/mol. The molecular weight excluding hydrogens is 240 g/mol. The number of ether oxygens (including phenoxy) is 1. The Morgan fingerprint density at radius 2 is 1.84 bits per heavy atom. The largest absolute Gasteiger partial charge is 0.378 e. The highest BCUT2D eigenvalue weighted by Gasteiger charge is 2.56. The molecule has 19 heavy (non-hydrogen) atoms. The van der Waals surface area contributed by atoms with Crippen molar-refractivity contribution in [1.29, 1.82) is 0 Å². The van der Waals surface area contributed by atoms with Crippen molar-refractivity contribution < 1.29 is 9.53 Å². The third-order valence-electron chi connectivity index (χ3n) is 6.15. The van der Waals surface area contributed by atoms with Crippen molar-refractivity contribution in [3.05, 3.63) is 0 Å². The highest BCUT2D eigenvalue weighted by Crippen LogP contribution is 2.59. The van der Waals surface area contributed by atoms with Crippen molar-refractivity contribution in [1.82, 2.24) is 9.80 Å². The van der Waals surface area contributed by atoms with E-state index >= 15 is 0 Å². The molecule has 3 rings (SSSR count). The summed E-state index contributed by atoms with van der Waals surface area (Å²) in [5.41, 5.74) is 0.659. The number of nitrogens with zero attached hydrogens (tertiary/aromatic N) is 2. The maximum atomic E-state index is 12.6. The molecule has 4 heteroatoms. The number of hydrogen-bond acceptors (Lipinski definition) is 2. The molecule has 0 N–H and O–H groups in total. The number of urea groups is 1. The normalized spacial score (nSPS) is 37.5. The zero-order chi connectivity index (χ0) is 13.7. The van der Waals surface area contributed by atoms with Crippen LogP contribution in [0.2, 0.25) is 0 Å². The topological polar surface area (TPSA) is 32.8 Å². The van der Waals surface area contributed by atoms with E-state index in [1.807, 2.05) is 4.90 Å². The van der Waals surface area contributed by atoms with E-state index in [2.05, 4.69) is 25.7 Å². The van der Waals surface area contributed by atoms with E-state index in [-0.39, 0.29) is 11.4 Å².